The predicted molar refractivity (Wildman–Crippen MR) is 66.6 cm³/mol. The molecule has 2 rings (SSSR count). The van der Waals surface area contributed by atoms with Gasteiger partial charge in [0.05, 0.1) is 18.1 Å². The zero-order chi connectivity index (χ0) is 12.5. The highest BCUT2D eigenvalue weighted by Gasteiger charge is 2.38. The Hall–Kier alpha value is -0.170. The molecule has 2 heterocycles. The Morgan fingerprint density at radius 1 is 1.41 bits per heavy atom. The van der Waals surface area contributed by atoms with Crippen molar-refractivity contribution >= 4 is 9.84 Å². The van der Waals surface area contributed by atoms with E-state index in [1.165, 1.54) is 6.42 Å². The largest absolute Gasteiger partial charge is 0.381 e. The fourth-order valence-corrected chi connectivity index (χ4v) is 4.77. The summed E-state index contributed by atoms with van der Waals surface area (Å²) in [6.45, 7) is 2.53. The van der Waals surface area contributed by atoms with E-state index in [2.05, 4.69) is 4.90 Å². The number of ether oxygens (including phenoxy) is 1. The molecular formula is C11H22N2O3S. The van der Waals surface area contributed by atoms with E-state index in [0.29, 0.717) is 5.92 Å². The minimum absolute atomic E-state index is 0.0260. The SMILES string of the molecule is CN(CC1CCCOC1)C1CS(=O)(=O)CC1N. The van der Waals surface area contributed by atoms with Gasteiger partial charge in [0.2, 0.25) is 0 Å². The van der Waals surface area contributed by atoms with E-state index in [1.807, 2.05) is 7.05 Å². The number of hydrogen-bond acceptors (Lipinski definition) is 5. The molecule has 3 atom stereocenters. The van der Waals surface area contributed by atoms with Crippen LogP contribution in [0.5, 0.6) is 0 Å². The normalized spacial score (nSPS) is 37.5. The molecule has 0 spiro atoms. The quantitative estimate of drug-likeness (QED) is 0.740. The maximum absolute atomic E-state index is 11.5. The summed E-state index contributed by atoms with van der Waals surface area (Å²) in [5.74, 6) is 0.853. The van der Waals surface area contributed by atoms with Gasteiger partial charge in [0, 0.05) is 25.2 Å². The van der Waals surface area contributed by atoms with Crippen LogP contribution >= 0.6 is 0 Å². The lowest BCUT2D eigenvalue weighted by Crippen LogP contribution is -2.47. The minimum atomic E-state index is -2.93. The summed E-state index contributed by atoms with van der Waals surface area (Å²) in [7, 11) is -0.956. The van der Waals surface area contributed by atoms with E-state index < -0.39 is 9.84 Å². The van der Waals surface area contributed by atoms with E-state index in [4.69, 9.17) is 10.5 Å². The first-order chi connectivity index (χ1) is 7.98. The van der Waals surface area contributed by atoms with Crippen LogP contribution in [0.25, 0.3) is 0 Å². The van der Waals surface area contributed by atoms with Crippen molar-refractivity contribution in [3.63, 3.8) is 0 Å². The number of likely N-dealkylation sites (N-methyl/N-ethyl adjacent to an activating group) is 1. The standard InChI is InChI=1S/C11H22N2O3S/c1-13(5-9-3-2-4-16-6-9)11-8-17(14,15)7-10(11)12/h9-11H,2-8,12H2,1H3. The second-order valence-corrected chi connectivity index (χ2v) is 7.48. The van der Waals surface area contributed by atoms with Crippen molar-refractivity contribution in [3.05, 3.63) is 0 Å². The molecule has 2 fully saturated rings. The molecule has 100 valence electrons. The number of nitrogens with zero attached hydrogens (tertiary/aromatic N) is 1. The lowest BCUT2D eigenvalue weighted by molar-refractivity contribution is 0.0368. The molecule has 0 amide bonds. The minimum Gasteiger partial charge on any atom is -0.381 e. The molecule has 0 aromatic rings. The highest BCUT2D eigenvalue weighted by Crippen LogP contribution is 2.20. The molecule has 0 aliphatic carbocycles. The van der Waals surface area contributed by atoms with Crippen LogP contribution in [0.3, 0.4) is 0 Å². The molecule has 6 heteroatoms. The third kappa shape index (κ3) is 3.40. The van der Waals surface area contributed by atoms with E-state index >= 15 is 0 Å². The van der Waals surface area contributed by atoms with Crippen molar-refractivity contribution in [2.24, 2.45) is 11.7 Å². The maximum Gasteiger partial charge on any atom is 0.153 e. The maximum atomic E-state index is 11.5. The fourth-order valence-electron chi connectivity index (χ4n) is 2.80. The van der Waals surface area contributed by atoms with E-state index in [-0.39, 0.29) is 23.6 Å². The van der Waals surface area contributed by atoms with Crippen LogP contribution in [0.15, 0.2) is 0 Å². The van der Waals surface area contributed by atoms with Crippen molar-refractivity contribution in [2.45, 2.75) is 24.9 Å². The summed E-state index contributed by atoms with van der Waals surface area (Å²) < 4.78 is 28.5. The van der Waals surface area contributed by atoms with Gasteiger partial charge in [-0.1, -0.05) is 0 Å². The van der Waals surface area contributed by atoms with Gasteiger partial charge in [-0.15, -0.1) is 0 Å². The molecule has 2 aliphatic rings. The lowest BCUT2D eigenvalue weighted by Gasteiger charge is -2.31. The van der Waals surface area contributed by atoms with Gasteiger partial charge in [0.25, 0.3) is 0 Å². The third-order valence-electron chi connectivity index (χ3n) is 3.73. The molecule has 2 aliphatic heterocycles. The summed E-state index contributed by atoms with van der Waals surface area (Å²) in [5.41, 5.74) is 5.91. The van der Waals surface area contributed by atoms with Crippen LogP contribution in [0.2, 0.25) is 0 Å². The van der Waals surface area contributed by atoms with E-state index in [0.717, 1.165) is 26.2 Å². The predicted octanol–water partition coefficient (Wildman–Crippen LogP) is -0.531. The second kappa shape index (κ2) is 5.22. The molecule has 17 heavy (non-hydrogen) atoms. The highest BCUT2D eigenvalue weighted by molar-refractivity contribution is 7.91. The van der Waals surface area contributed by atoms with Crippen molar-refractivity contribution in [3.8, 4) is 0 Å². The van der Waals surface area contributed by atoms with Gasteiger partial charge in [0.1, 0.15) is 0 Å². The molecule has 3 unspecified atom stereocenters. The first-order valence-corrected chi connectivity index (χ1v) is 8.04. The monoisotopic (exact) mass is 262 g/mol. The van der Waals surface area contributed by atoms with Gasteiger partial charge in [-0.25, -0.2) is 8.42 Å². The van der Waals surface area contributed by atoms with E-state index in [9.17, 15) is 8.42 Å². The van der Waals surface area contributed by atoms with Crippen LogP contribution in [0, 0.1) is 5.92 Å². The Labute approximate surface area is 103 Å². The summed E-state index contributed by atoms with van der Waals surface area (Å²) in [4.78, 5) is 2.11. The molecular weight excluding hydrogens is 240 g/mol. The van der Waals surface area contributed by atoms with Crippen LogP contribution in [0.4, 0.5) is 0 Å². The van der Waals surface area contributed by atoms with Crippen LogP contribution in [-0.2, 0) is 14.6 Å². The molecule has 0 bridgehead atoms. The van der Waals surface area contributed by atoms with Crippen molar-refractivity contribution in [1.29, 1.82) is 0 Å². The lowest BCUT2D eigenvalue weighted by atomic mass is 10.0. The molecule has 2 saturated heterocycles. The zero-order valence-electron chi connectivity index (χ0n) is 10.3. The van der Waals surface area contributed by atoms with Crippen molar-refractivity contribution in [1.82, 2.24) is 4.90 Å². The Balaban J connectivity index is 1.89. The Kier molecular flexibility index (Phi) is 4.07. The van der Waals surface area contributed by atoms with Gasteiger partial charge < -0.3 is 15.4 Å². The smallest absolute Gasteiger partial charge is 0.153 e. The Morgan fingerprint density at radius 3 is 2.71 bits per heavy atom. The number of hydrogen-bond donors (Lipinski definition) is 1. The molecule has 5 nitrogen and oxygen atoms in total. The fraction of sp³-hybridized carbons (Fsp3) is 1.00. The first-order valence-electron chi connectivity index (χ1n) is 6.22. The van der Waals surface area contributed by atoms with Crippen molar-refractivity contribution < 1.29 is 13.2 Å². The molecule has 0 radical (unpaired) electrons. The summed E-state index contributed by atoms with van der Waals surface area (Å²) >= 11 is 0. The average Bonchev–Trinajstić information content (AvgIpc) is 2.54. The molecule has 2 N–H and O–H groups in total. The van der Waals surface area contributed by atoms with Gasteiger partial charge in [-0.05, 0) is 25.8 Å². The zero-order valence-corrected chi connectivity index (χ0v) is 11.2. The Morgan fingerprint density at radius 2 is 2.18 bits per heavy atom. The average molecular weight is 262 g/mol. The Bertz CT molecular complexity index is 352. The second-order valence-electron chi connectivity index (χ2n) is 5.33. The first kappa shape index (κ1) is 13.3. The molecule has 0 saturated carbocycles. The van der Waals surface area contributed by atoms with Gasteiger partial charge in [-0.2, -0.15) is 0 Å². The third-order valence-corrected chi connectivity index (χ3v) is 5.47. The molecule has 0 aromatic heterocycles. The van der Waals surface area contributed by atoms with Gasteiger partial charge >= 0.3 is 0 Å². The number of rotatable bonds is 3. The number of sulfone groups is 1. The van der Waals surface area contributed by atoms with Crippen LogP contribution in [0.1, 0.15) is 12.8 Å². The van der Waals surface area contributed by atoms with Gasteiger partial charge in [-0.3, -0.25) is 0 Å². The molecule has 0 aromatic carbocycles. The van der Waals surface area contributed by atoms with E-state index in [1.54, 1.807) is 0 Å². The van der Waals surface area contributed by atoms with Gasteiger partial charge in [0.15, 0.2) is 9.84 Å². The van der Waals surface area contributed by atoms with Crippen molar-refractivity contribution in [2.75, 3.05) is 38.3 Å². The summed E-state index contributed by atoms with van der Waals surface area (Å²) in [6.07, 6.45) is 2.27. The summed E-state index contributed by atoms with van der Waals surface area (Å²) in [5, 5.41) is 0. The van der Waals surface area contributed by atoms with Crippen LogP contribution < -0.4 is 5.73 Å². The van der Waals surface area contributed by atoms with Crippen LogP contribution in [-0.4, -0.2) is 63.7 Å². The highest BCUT2D eigenvalue weighted by atomic mass is 32.2. The number of nitrogens with two attached hydrogens (primary N) is 1. The summed E-state index contributed by atoms with van der Waals surface area (Å²) in [6, 6.07) is -0.267. The topological polar surface area (TPSA) is 72.6 Å².